The molecule has 0 aliphatic carbocycles. The number of non-ortho nitro benzene ring substituents is 1. The summed E-state index contributed by atoms with van der Waals surface area (Å²) in [6.45, 7) is 8.86. The lowest BCUT2D eigenvalue weighted by Crippen LogP contribution is -2.48. The molecular weight excluding hydrogens is 468 g/mol. The van der Waals surface area contributed by atoms with Crippen LogP contribution in [-0.4, -0.2) is 28.6 Å². The number of nitro benzene ring substituents is 1. The first kappa shape index (κ1) is 26.4. The molecule has 2 aromatic carbocycles. The van der Waals surface area contributed by atoms with Crippen molar-refractivity contribution in [2.75, 3.05) is 0 Å². The quantitative estimate of drug-likeness (QED) is 0.203. The third-order valence-corrected chi connectivity index (χ3v) is 5.49. The van der Waals surface area contributed by atoms with Crippen LogP contribution >= 0.6 is 0 Å². The summed E-state index contributed by atoms with van der Waals surface area (Å²) in [6.07, 6.45) is 1.13. The summed E-state index contributed by atoms with van der Waals surface area (Å²) in [5.74, 6) is -0.773. The maximum Gasteiger partial charge on any atom is 0.408 e. The van der Waals surface area contributed by atoms with E-state index in [4.69, 9.17) is 13.9 Å². The molecule has 2 atom stereocenters. The fraction of sp³-hybridized carbons (Fsp3) is 0.346. The maximum atomic E-state index is 13.0. The number of rotatable bonds is 7. The van der Waals surface area contributed by atoms with Gasteiger partial charge >= 0.3 is 12.1 Å². The zero-order valence-electron chi connectivity index (χ0n) is 20.7. The van der Waals surface area contributed by atoms with E-state index < -0.39 is 28.6 Å². The molecule has 10 nitrogen and oxygen atoms in total. The van der Waals surface area contributed by atoms with E-state index in [2.05, 4.69) is 5.32 Å². The van der Waals surface area contributed by atoms with Gasteiger partial charge in [-0.05, 0) is 56.5 Å². The molecule has 36 heavy (non-hydrogen) atoms. The highest BCUT2D eigenvalue weighted by molar-refractivity contribution is 5.86. The number of ether oxygens (including phenoxy) is 2. The van der Waals surface area contributed by atoms with E-state index in [1.807, 2.05) is 13.8 Å². The van der Waals surface area contributed by atoms with Crippen LogP contribution < -0.4 is 15.5 Å². The molecule has 3 rings (SSSR count). The summed E-state index contributed by atoms with van der Waals surface area (Å²) < 4.78 is 16.4. The third-order valence-electron chi connectivity index (χ3n) is 5.49. The number of nitrogens with zero attached hydrogens (tertiary/aromatic N) is 1. The number of esters is 1. The average Bonchev–Trinajstić information content (AvgIpc) is 2.81. The highest BCUT2D eigenvalue weighted by atomic mass is 16.6. The number of hydrogen-bond donors (Lipinski definition) is 1. The van der Waals surface area contributed by atoms with Gasteiger partial charge in [0.2, 0.25) is 0 Å². The Labute approximate surface area is 207 Å². The molecule has 1 amide bonds. The molecule has 0 bridgehead atoms. The normalized spacial score (nSPS) is 13.0. The molecule has 3 aromatic rings. The Morgan fingerprint density at radius 2 is 1.81 bits per heavy atom. The summed E-state index contributed by atoms with van der Waals surface area (Å²) in [6, 6.07) is 8.95. The van der Waals surface area contributed by atoms with Crippen molar-refractivity contribution in [2.45, 2.75) is 52.7 Å². The molecule has 0 spiro atoms. The molecule has 0 saturated carbocycles. The number of nitro groups is 1. The maximum absolute atomic E-state index is 13.0. The van der Waals surface area contributed by atoms with E-state index in [1.165, 1.54) is 48.7 Å². The molecule has 0 fully saturated rings. The van der Waals surface area contributed by atoms with E-state index in [0.29, 0.717) is 12.0 Å². The van der Waals surface area contributed by atoms with Crippen LogP contribution in [0.5, 0.6) is 5.75 Å². The number of carbonyl (C=O) groups excluding carboxylic acids is 2. The van der Waals surface area contributed by atoms with Crippen molar-refractivity contribution >= 4 is 28.7 Å². The highest BCUT2D eigenvalue weighted by Crippen LogP contribution is 2.25. The Hall–Kier alpha value is -4.21. The fourth-order valence-electron chi connectivity index (χ4n) is 3.42. The number of fused-ring (bicyclic) bond motifs is 1. The minimum absolute atomic E-state index is 0.0905. The summed E-state index contributed by atoms with van der Waals surface area (Å²) in [5, 5.41) is 13.7. The second-order valence-corrected chi connectivity index (χ2v) is 9.37. The van der Waals surface area contributed by atoms with Crippen LogP contribution in [-0.2, 0) is 9.53 Å². The van der Waals surface area contributed by atoms with Crippen molar-refractivity contribution in [2.24, 2.45) is 5.92 Å². The van der Waals surface area contributed by atoms with Gasteiger partial charge in [0.05, 0.1) is 15.9 Å². The van der Waals surface area contributed by atoms with Crippen LogP contribution in [0, 0.1) is 16.0 Å². The van der Waals surface area contributed by atoms with Crippen molar-refractivity contribution in [1.29, 1.82) is 0 Å². The molecular formula is C26H28N2O8. The predicted octanol–water partition coefficient (Wildman–Crippen LogP) is 5.21. The number of amides is 1. The number of nitrogens with one attached hydrogen (secondary N) is 1. The van der Waals surface area contributed by atoms with Gasteiger partial charge in [-0.25, -0.2) is 9.59 Å². The zero-order valence-corrected chi connectivity index (χ0v) is 20.7. The lowest BCUT2D eigenvalue weighted by Gasteiger charge is -2.25. The number of benzene rings is 2. The van der Waals surface area contributed by atoms with Gasteiger partial charge in [-0.1, -0.05) is 20.3 Å². The molecule has 190 valence electrons. The first-order valence-electron chi connectivity index (χ1n) is 11.4. The molecule has 0 aliphatic heterocycles. The topological polar surface area (TPSA) is 138 Å². The Morgan fingerprint density at radius 1 is 1.14 bits per heavy atom. The van der Waals surface area contributed by atoms with Gasteiger partial charge in [-0.15, -0.1) is 0 Å². The van der Waals surface area contributed by atoms with Crippen molar-refractivity contribution in [3.8, 4) is 16.9 Å². The van der Waals surface area contributed by atoms with Gasteiger partial charge in [-0.3, -0.25) is 14.9 Å². The molecule has 1 aromatic heterocycles. The van der Waals surface area contributed by atoms with Gasteiger partial charge < -0.3 is 19.2 Å². The second kappa shape index (κ2) is 10.6. The van der Waals surface area contributed by atoms with Crippen molar-refractivity contribution < 1.29 is 28.4 Å². The van der Waals surface area contributed by atoms with E-state index in [-0.39, 0.29) is 39.3 Å². The van der Waals surface area contributed by atoms with Gasteiger partial charge in [0, 0.05) is 18.2 Å². The Morgan fingerprint density at radius 3 is 2.39 bits per heavy atom. The minimum Gasteiger partial charge on any atom is -0.463 e. The summed E-state index contributed by atoms with van der Waals surface area (Å²) in [7, 11) is 0. The van der Waals surface area contributed by atoms with Crippen molar-refractivity contribution in [3.63, 3.8) is 0 Å². The van der Waals surface area contributed by atoms with Gasteiger partial charge in [0.25, 0.3) is 5.69 Å². The Balaban J connectivity index is 1.83. The van der Waals surface area contributed by atoms with E-state index >= 15 is 0 Å². The van der Waals surface area contributed by atoms with E-state index in [1.54, 1.807) is 20.8 Å². The second-order valence-electron chi connectivity index (χ2n) is 9.37. The third kappa shape index (κ3) is 6.26. The van der Waals surface area contributed by atoms with Crippen LogP contribution in [0.2, 0.25) is 0 Å². The van der Waals surface area contributed by atoms with Crippen LogP contribution in [0.1, 0.15) is 41.0 Å². The predicted molar refractivity (Wildman–Crippen MR) is 133 cm³/mol. The van der Waals surface area contributed by atoms with E-state index in [9.17, 15) is 24.5 Å². The fourth-order valence-corrected chi connectivity index (χ4v) is 3.42. The Bertz CT molecular complexity index is 1340. The summed E-state index contributed by atoms with van der Waals surface area (Å²) in [5.41, 5.74) is -0.260. The van der Waals surface area contributed by atoms with Gasteiger partial charge in [0.1, 0.15) is 29.2 Å². The summed E-state index contributed by atoms with van der Waals surface area (Å²) in [4.78, 5) is 48.5. The molecule has 0 radical (unpaired) electrons. The lowest BCUT2D eigenvalue weighted by molar-refractivity contribution is -0.384. The van der Waals surface area contributed by atoms with Crippen LogP contribution in [0.15, 0.2) is 57.9 Å². The highest BCUT2D eigenvalue weighted by Gasteiger charge is 2.30. The zero-order chi connectivity index (χ0) is 26.6. The van der Waals surface area contributed by atoms with Gasteiger partial charge in [0.15, 0.2) is 5.43 Å². The molecule has 10 heteroatoms. The number of carbonyl (C=O) groups is 2. The lowest BCUT2D eigenvalue weighted by atomic mass is 9.99. The SMILES string of the molecule is CC[C@H](C)[C@H](NC(=O)OC(C)(C)C)C(=O)Oc1ccc2c(=O)c(-c3ccc([N+](=O)[O-])cc3)coc2c1. The number of hydrogen-bond acceptors (Lipinski definition) is 8. The monoisotopic (exact) mass is 496 g/mol. The first-order valence-corrected chi connectivity index (χ1v) is 11.4. The number of alkyl carbamates (subject to hydrolysis) is 1. The van der Waals surface area contributed by atoms with E-state index in [0.717, 1.165) is 0 Å². The largest absolute Gasteiger partial charge is 0.463 e. The van der Waals surface area contributed by atoms with Crippen LogP contribution in [0.25, 0.3) is 22.1 Å². The molecule has 0 aliphatic rings. The molecule has 0 saturated heterocycles. The molecule has 0 unspecified atom stereocenters. The minimum atomic E-state index is -0.947. The van der Waals surface area contributed by atoms with Crippen molar-refractivity contribution in [3.05, 3.63) is 69.1 Å². The first-order chi connectivity index (χ1) is 16.9. The molecule has 1 N–H and O–H groups in total. The van der Waals surface area contributed by atoms with Gasteiger partial charge in [-0.2, -0.15) is 0 Å². The van der Waals surface area contributed by atoms with Crippen LogP contribution in [0.3, 0.4) is 0 Å². The average molecular weight is 497 g/mol. The van der Waals surface area contributed by atoms with Crippen molar-refractivity contribution in [1.82, 2.24) is 5.32 Å². The summed E-state index contributed by atoms with van der Waals surface area (Å²) >= 11 is 0. The smallest absolute Gasteiger partial charge is 0.408 e. The van der Waals surface area contributed by atoms with Crippen LogP contribution in [0.4, 0.5) is 10.5 Å². The molecule has 1 heterocycles. The Kier molecular flexibility index (Phi) is 7.77. The standard InChI is InChI=1S/C26H28N2O8/c1-6-15(2)22(27-25(31)36-26(3,4)5)24(30)35-18-11-12-19-21(13-18)34-14-20(23(19)29)16-7-9-17(10-8-16)28(32)33/h7-15,22H,6H2,1-5H3,(H,27,31)/t15-,22-/m0/s1.